The fourth-order valence-electron chi connectivity index (χ4n) is 2.34. The van der Waals surface area contributed by atoms with E-state index in [1.165, 1.54) is 22.7 Å². The quantitative estimate of drug-likeness (QED) is 0.546. The van der Waals surface area contributed by atoms with Gasteiger partial charge in [-0.2, -0.15) is 0 Å². The van der Waals surface area contributed by atoms with Gasteiger partial charge in [-0.15, -0.1) is 22.7 Å². The lowest BCUT2D eigenvalue weighted by Gasteiger charge is -2.09. The summed E-state index contributed by atoms with van der Waals surface area (Å²) < 4.78 is 0.932. The molecule has 0 aliphatic rings. The third-order valence-corrected chi connectivity index (χ3v) is 5.40. The first-order valence-corrected chi connectivity index (χ1v) is 8.92. The topological polar surface area (TPSA) is 97.8 Å². The number of aromatic nitrogens is 4. The molecule has 0 saturated heterocycles. The van der Waals surface area contributed by atoms with Crippen molar-refractivity contribution in [1.82, 2.24) is 19.9 Å². The minimum absolute atomic E-state index is 0.0234. The number of anilines is 1. The smallest absolute Gasteiger partial charge is 0.255 e. The number of hydrogen-bond acceptors (Lipinski definition) is 8. The Bertz CT molecular complexity index is 1080. The average molecular weight is 376 g/mol. The molecule has 9 heteroatoms. The number of aromatic hydroxyl groups is 1. The van der Waals surface area contributed by atoms with Crippen LogP contribution in [-0.4, -0.2) is 25.0 Å². The number of rotatable bonds is 2. The number of thiazole rings is 2. The van der Waals surface area contributed by atoms with Crippen LogP contribution in [0, 0.1) is 6.92 Å². The summed E-state index contributed by atoms with van der Waals surface area (Å²) >= 11 is 9.29. The van der Waals surface area contributed by atoms with E-state index in [1.807, 2.05) is 13.0 Å². The molecule has 0 saturated carbocycles. The largest absolute Gasteiger partial charge is 0.491 e. The van der Waals surface area contributed by atoms with Gasteiger partial charge in [0.25, 0.3) is 5.88 Å². The third kappa shape index (κ3) is 2.48. The Morgan fingerprint density at radius 3 is 2.75 bits per heavy atom. The minimum Gasteiger partial charge on any atom is -0.491 e. The molecule has 0 aliphatic heterocycles. The number of halogens is 1. The maximum absolute atomic E-state index is 9.93. The van der Waals surface area contributed by atoms with Crippen molar-refractivity contribution >= 4 is 50.3 Å². The molecule has 4 aromatic rings. The van der Waals surface area contributed by atoms with Crippen LogP contribution < -0.4 is 5.73 Å². The van der Waals surface area contributed by atoms with E-state index in [1.54, 1.807) is 17.8 Å². The second-order valence-corrected chi connectivity index (χ2v) is 7.56. The first-order valence-electron chi connectivity index (χ1n) is 6.85. The fraction of sp³-hybridized carbons (Fsp3) is 0.0667. The summed E-state index contributed by atoms with van der Waals surface area (Å²) in [6, 6.07) is 3.69. The number of hydrogen-bond donors (Lipinski definition) is 2. The van der Waals surface area contributed by atoms with Crippen LogP contribution in [-0.2, 0) is 0 Å². The molecule has 6 nitrogen and oxygen atoms in total. The molecule has 0 radical (unpaired) electrons. The first-order chi connectivity index (χ1) is 11.5. The lowest BCUT2D eigenvalue weighted by molar-refractivity contribution is 0.455. The van der Waals surface area contributed by atoms with Gasteiger partial charge in [-0.3, -0.25) is 0 Å². The van der Waals surface area contributed by atoms with Gasteiger partial charge in [-0.05, 0) is 19.1 Å². The number of nitrogens with two attached hydrogens (primary N) is 1. The van der Waals surface area contributed by atoms with Gasteiger partial charge < -0.3 is 10.8 Å². The maximum Gasteiger partial charge on any atom is 0.255 e. The van der Waals surface area contributed by atoms with E-state index in [2.05, 4.69) is 19.9 Å². The van der Waals surface area contributed by atoms with Crippen molar-refractivity contribution in [2.24, 2.45) is 0 Å². The van der Waals surface area contributed by atoms with Crippen molar-refractivity contribution in [3.05, 3.63) is 33.9 Å². The minimum atomic E-state index is -0.310. The molecule has 0 unspecified atom stereocenters. The Labute approximate surface area is 149 Å². The Morgan fingerprint density at radius 2 is 2.00 bits per heavy atom. The van der Waals surface area contributed by atoms with Gasteiger partial charge >= 0.3 is 0 Å². The van der Waals surface area contributed by atoms with Crippen LogP contribution in [0.3, 0.4) is 0 Å². The van der Waals surface area contributed by atoms with Crippen molar-refractivity contribution < 1.29 is 5.11 Å². The standard InChI is InChI=1S/C15H10ClN5OS2/c1-6-18-4-10(24-6)13-11(21-15(22)14(17)20-13)7-2-8(16)12-9(3-7)23-5-19-12/h2-5H,1H3,(H2,17,20)(H,21,22). The molecule has 0 bridgehead atoms. The number of fused-ring (bicyclic) bond motifs is 1. The monoisotopic (exact) mass is 375 g/mol. The van der Waals surface area contributed by atoms with Gasteiger partial charge in [0, 0.05) is 11.8 Å². The molecule has 0 atom stereocenters. The number of nitrogen functional groups attached to an aromatic ring is 1. The van der Waals surface area contributed by atoms with E-state index in [9.17, 15) is 5.11 Å². The first kappa shape index (κ1) is 15.3. The lowest BCUT2D eigenvalue weighted by atomic mass is 10.1. The van der Waals surface area contributed by atoms with Crippen LogP contribution in [0.4, 0.5) is 5.82 Å². The maximum atomic E-state index is 9.93. The van der Waals surface area contributed by atoms with E-state index in [4.69, 9.17) is 17.3 Å². The molecule has 0 fully saturated rings. The summed E-state index contributed by atoms with van der Waals surface area (Å²) in [5.41, 5.74) is 10.0. The molecule has 24 heavy (non-hydrogen) atoms. The molecule has 3 heterocycles. The van der Waals surface area contributed by atoms with Crippen LogP contribution in [0.5, 0.6) is 5.88 Å². The molecule has 120 valence electrons. The molecule has 3 aromatic heterocycles. The predicted octanol–water partition coefficient (Wildman–Crippen LogP) is 4.13. The SMILES string of the molecule is Cc1ncc(-c2nc(N)c(O)nc2-c2cc(Cl)c3ncsc3c2)s1. The summed E-state index contributed by atoms with van der Waals surface area (Å²) in [6.07, 6.45) is 1.72. The number of aryl methyl sites for hydroxylation is 1. The zero-order valence-electron chi connectivity index (χ0n) is 12.3. The molecule has 0 aliphatic carbocycles. The molecular weight excluding hydrogens is 366 g/mol. The average Bonchev–Trinajstić information content (AvgIpc) is 3.18. The van der Waals surface area contributed by atoms with Crippen LogP contribution in [0.1, 0.15) is 5.01 Å². The van der Waals surface area contributed by atoms with E-state index < -0.39 is 0 Å². The Balaban J connectivity index is 2.00. The highest BCUT2D eigenvalue weighted by Crippen LogP contribution is 2.38. The highest BCUT2D eigenvalue weighted by atomic mass is 35.5. The van der Waals surface area contributed by atoms with Crippen LogP contribution in [0.15, 0.2) is 23.8 Å². The Morgan fingerprint density at radius 1 is 1.17 bits per heavy atom. The molecule has 4 rings (SSSR count). The summed E-state index contributed by atoms with van der Waals surface area (Å²) in [7, 11) is 0. The molecule has 0 amide bonds. The third-order valence-electron chi connectivity index (χ3n) is 3.42. The second-order valence-electron chi connectivity index (χ2n) is 5.03. The van der Waals surface area contributed by atoms with Gasteiger partial charge in [0.05, 0.1) is 30.6 Å². The van der Waals surface area contributed by atoms with Gasteiger partial charge in [0.15, 0.2) is 5.82 Å². The van der Waals surface area contributed by atoms with Crippen molar-refractivity contribution in [2.75, 3.05) is 5.73 Å². The van der Waals surface area contributed by atoms with E-state index in [-0.39, 0.29) is 11.7 Å². The molecule has 0 spiro atoms. The fourth-order valence-corrected chi connectivity index (χ4v) is 4.18. The Kier molecular flexibility index (Phi) is 3.60. The highest BCUT2D eigenvalue weighted by Gasteiger charge is 2.18. The van der Waals surface area contributed by atoms with Crippen molar-refractivity contribution in [1.29, 1.82) is 0 Å². The predicted molar refractivity (Wildman–Crippen MR) is 97.6 cm³/mol. The zero-order chi connectivity index (χ0) is 16.8. The lowest BCUT2D eigenvalue weighted by Crippen LogP contribution is -1.99. The van der Waals surface area contributed by atoms with E-state index >= 15 is 0 Å². The van der Waals surface area contributed by atoms with Crippen LogP contribution in [0.25, 0.3) is 32.0 Å². The van der Waals surface area contributed by atoms with Crippen LogP contribution >= 0.6 is 34.3 Å². The summed E-state index contributed by atoms with van der Waals surface area (Å²) in [6.45, 7) is 1.91. The van der Waals surface area contributed by atoms with E-state index in [0.29, 0.717) is 16.4 Å². The molecule has 1 aromatic carbocycles. The zero-order valence-corrected chi connectivity index (χ0v) is 14.7. The van der Waals surface area contributed by atoms with Gasteiger partial charge in [-0.25, -0.2) is 19.9 Å². The van der Waals surface area contributed by atoms with Crippen LogP contribution in [0.2, 0.25) is 5.02 Å². The molecular formula is C15H10ClN5OS2. The van der Waals surface area contributed by atoms with Crippen molar-refractivity contribution in [2.45, 2.75) is 6.92 Å². The normalized spacial score (nSPS) is 11.2. The van der Waals surface area contributed by atoms with E-state index in [0.717, 1.165) is 25.7 Å². The molecule has 3 N–H and O–H groups in total. The van der Waals surface area contributed by atoms with Gasteiger partial charge in [-0.1, -0.05) is 11.6 Å². The summed E-state index contributed by atoms with van der Waals surface area (Å²) in [5.74, 6) is -0.333. The Hall–Kier alpha value is -2.29. The van der Waals surface area contributed by atoms with Gasteiger partial charge in [0.1, 0.15) is 11.4 Å². The number of benzene rings is 1. The van der Waals surface area contributed by atoms with Crippen molar-refractivity contribution in [3.63, 3.8) is 0 Å². The summed E-state index contributed by atoms with van der Waals surface area (Å²) in [4.78, 5) is 17.9. The van der Waals surface area contributed by atoms with Crippen molar-refractivity contribution in [3.8, 4) is 27.7 Å². The highest BCUT2D eigenvalue weighted by molar-refractivity contribution is 7.16. The van der Waals surface area contributed by atoms with Gasteiger partial charge in [0.2, 0.25) is 0 Å². The second kappa shape index (κ2) is 5.66. The number of nitrogens with zero attached hydrogens (tertiary/aromatic N) is 4. The summed E-state index contributed by atoms with van der Waals surface area (Å²) in [5, 5.41) is 11.4.